The highest BCUT2D eigenvalue weighted by Crippen LogP contribution is 2.49. The fraction of sp³-hybridized carbons (Fsp3) is 0.455. The van der Waals surface area contributed by atoms with E-state index in [2.05, 4.69) is 21.2 Å². The molecule has 0 unspecified atom stereocenters. The Morgan fingerprint density at radius 3 is 2.40 bits per heavy atom. The fourth-order valence-electron chi connectivity index (χ4n) is 6.41. The molecular weight excluding hydrogens is 602 g/mol. The van der Waals surface area contributed by atoms with Crippen LogP contribution in [0.5, 0.6) is 23.0 Å². The molecule has 2 aromatic carbocycles. The van der Waals surface area contributed by atoms with Crippen molar-refractivity contribution in [2.75, 3.05) is 20.8 Å². The Hall–Kier alpha value is -3.46. The van der Waals surface area contributed by atoms with Crippen LogP contribution in [0.15, 0.2) is 57.3 Å². The highest BCUT2D eigenvalue weighted by atomic mass is 79.9. The zero-order chi connectivity index (χ0) is 30.0. The molecule has 2 aromatic rings. The molecule has 0 saturated heterocycles. The Bertz CT molecular complexity index is 1440. The van der Waals surface area contributed by atoms with Crippen LogP contribution in [-0.2, 0) is 14.3 Å². The van der Waals surface area contributed by atoms with Crippen molar-refractivity contribution in [1.82, 2.24) is 5.32 Å². The predicted octanol–water partition coefficient (Wildman–Crippen LogP) is 6.81. The molecule has 1 fully saturated rings. The minimum absolute atomic E-state index is 0.0285. The van der Waals surface area contributed by atoms with Crippen LogP contribution in [-0.4, -0.2) is 43.8 Å². The molecule has 8 nitrogen and oxygen atoms in total. The van der Waals surface area contributed by atoms with Crippen LogP contribution in [0, 0.1) is 0 Å². The lowest BCUT2D eigenvalue weighted by Gasteiger charge is -2.37. The van der Waals surface area contributed by atoms with Gasteiger partial charge in [0.1, 0.15) is 6.10 Å². The molecule has 1 heterocycles. The van der Waals surface area contributed by atoms with E-state index in [-0.39, 0.29) is 35.7 Å². The summed E-state index contributed by atoms with van der Waals surface area (Å²) in [5, 5.41) is 14.1. The number of hydrogen-bond donors (Lipinski definition) is 2. The number of ether oxygens (including phenoxy) is 4. The molecule has 0 radical (unpaired) electrons. The zero-order valence-electron chi connectivity index (χ0n) is 24.6. The second-order valence-corrected chi connectivity index (χ2v) is 11.9. The number of carbonyl (C=O) groups is 2. The molecule has 0 amide bonds. The third-order valence-corrected chi connectivity index (χ3v) is 9.04. The van der Waals surface area contributed by atoms with E-state index < -0.39 is 11.9 Å². The summed E-state index contributed by atoms with van der Waals surface area (Å²) in [5.41, 5.74) is 4.05. The molecule has 2 aliphatic carbocycles. The van der Waals surface area contributed by atoms with Gasteiger partial charge in [0.25, 0.3) is 0 Å². The highest BCUT2D eigenvalue weighted by molar-refractivity contribution is 9.10. The third kappa shape index (κ3) is 5.89. The number of phenolic OH excluding ortho intramolecular Hbond substituents is 1. The SMILES string of the molecule is CCOc1cc([C@@H]2C(C(=O)OC3CCCCC3)=C(C)NC3=C2C(=O)C[C@@H](c2ccc(OC)c(OC)c2)C3)cc(Br)c1O. The van der Waals surface area contributed by atoms with Crippen molar-refractivity contribution in [3.05, 3.63) is 68.5 Å². The monoisotopic (exact) mass is 639 g/mol. The van der Waals surface area contributed by atoms with Crippen LogP contribution in [0.1, 0.15) is 81.8 Å². The molecule has 9 heteroatoms. The minimum atomic E-state index is -0.674. The molecule has 0 aromatic heterocycles. The van der Waals surface area contributed by atoms with Crippen LogP contribution in [0.3, 0.4) is 0 Å². The zero-order valence-corrected chi connectivity index (χ0v) is 26.1. The first-order valence-corrected chi connectivity index (χ1v) is 15.4. The Labute approximate surface area is 255 Å². The number of rotatable bonds is 8. The number of esters is 1. The first kappa shape index (κ1) is 30.0. The van der Waals surface area contributed by atoms with E-state index in [9.17, 15) is 14.7 Å². The van der Waals surface area contributed by atoms with Crippen molar-refractivity contribution >= 4 is 27.7 Å². The maximum Gasteiger partial charge on any atom is 0.337 e. The summed E-state index contributed by atoms with van der Waals surface area (Å²) in [4.78, 5) is 27.9. The van der Waals surface area contributed by atoms with E-state index in [1.807, 2.05) is 32.0 Å². The molecule has 0 bridgehead atoms. The topological polar surface area (TPSA) is 103 Å². The van der Waals surface area contributed by atoms with Gasteiger partial charge in [-0.2, -0.15) is 0 Å². The quantitative estimate of drug-likeness (QED) is 0.304. The van der Waals surface area contributed by atoms with Gasteiger partial charge in [-0.3, -0.25) is 4.79 Å². The van der Waals surface area contributed by atoms with Crippen molar-refractivity contribution in [2.45, 2.75) is 76.7 Å². The van der Waals surface area contributed by atoms with E-state index in [1.165, 1.54) is 0 Å². The molecule has 3 aliphatic rings. The van der Waals surface area contributed by atoms with Crippen molar-refractivity contribution < 1.29 is 33.6 Å². The van der Waals surface area contributed by atoms with E-state index in [4.69, 9.17) is 18.9 Å². The Kier molecular flexibility index (Phi) is 9.16. The van der Waals surface area contributed by atoms with E-state index in [1.54, 1.807) is 26.4 Å². The molecule has 2 atom stereocenters. The molecule has 1 saturated carbocycles. The number of phenols is 1. The maximum absolute atomic E-state index is 14.1. The number of dihydropyridines is 1. The summed E-state index contributed by atoms with van der Waals surface area (Å²) in [6.07, 6.45) is 5.61. The number of Topliss-reactive ketones (excluding diaryl/α,β-unsaturated/α-hetero) is 1. The second kappa shape index (κ2) is 12.8. The number of ketones is 1. The summed E-state index contributed by atoms with van der Waals surface area (Å²) >= 11 is 3.45. The van der Waals surface area contributed by atoms with Gasteiger partial charge in [-0.25, -0.2) is 4.79 Å². The number of aromatic hydroxyl groups is 1. The van der Waals surface area contributed by atoms with Crippen LogP contribution in [0.4, 0.5) is 0 Å². The van der Waals surface area contributed by atoms with Gasteiger partial charge < -0.3 is 29.4 Å². The lowest BCUT2D eigenvalue weighted by Crippen LogP contribution is -2.37. The Morgan fingerprint density at radius 1 is 1.00 bits per heavy atom. The first-order valence-electron chi connectivity index (χ1n) is 14.6. The van der Waals surface area contributed by atoms with Crippen LogP contribution < -0.4 is 19.5 Å². The van der Waals surface area contributed by atoms with E-state index in [0.717, 1.165) is 43.4 Å². The summed E-state index contributed by atoms with van der Waals surface area (Å²) in [5.74, 6) is 0.267. The molecule has 224 valence electrons. The average molecular weight is 641 g/mol. The van der Waals surface area contributed by atoms with Gasteiger partial charge in [-0.05, 0) is 103 Å². The fourth-order valence-corrected chi connectivity index (χ4v) is 6.87. The van der Waals surface area contributed by atoms with Gasteiger partial charge in [-0.15, -0.1) is 0 Å². The summed E-state index contributed by atoms with van der Waals surface area (Å²) in [7, 11) is 3.19. The summed E-state index contributed by atoms with van der Waals surface area (Å²) in [6.45, 7) is 4.04. The van der Waals surface area contributed by atoms with Crippen LogP contribution in [0.25, 0.3) is 0 Å². The van der Waals surface area contributed by atoms with Crippen molar-refractivity contribution in [3.63, 3.8) is 0 Å². The van der Waals surface area contributed by atoms with Gasteiger partial charge in [0.05, 0.1) is 30.9 Å². The predicted molar refractivity (Wildman–Crippen MR) is 162 cm³/mol. The molecule has 42 heavy (non-hydrogen) atoms. The Morgan fingerprint density at radius 2 is 1.71 bits per heavy atom. The molecular formula is C33H38BrNO7. The molecule has 0 spiro atoms. The number of halogens is 1. The molecule has 1 aliphatic heterocycles. The van der Waals surface area contributed by atoms with Crippen LogP contribution in [0.2, 0.25) is 0 Å². The Balaban J connectivity index is 1.57. The number of benzene rings is 2. The average Bonchev–Trinajstić information content (AvgIpc) is 2.98. The van der Waals surface area contributed by atoms with E-state index >= 15 is 0 Å². The van der Waals surface area contributed by atoms with Crippen molar-refractivity contribution in [3.8, 4) is 23.0 Å². The lowest BCUT2D eigenvalue weighted by molar-refractivity contribution is -0.146. The van der Waals surface area contributed by atoms with Gasteiger partial charge in [-0.1, -0.05) is 12.5 Å². The molecule has 2 N–H and O–H groups in total. The van der Waals surface area contributed by atoms with Gasteiger partial charge in [0, 0.05) is 29.3 Å². The van der Waals surface area contributed by atoms with Gasteiger partial charge in [0.2, 0.25) is 0 Å². The summed E-state index contributed by atoms with van der Waals surface area (Å²) in [6, 6.07) is 9.22. The second-order valence-electron chi connectivity index (χ2n) is 11.1. The normalized spacial score (nSPS) is 21.0. The summed E-state index contributed by atoms with van der Waals surface area (Å²) < 4.78 is 23.1. The standard InChI is InChI=1S/C33H38BrNO7/c1-5-41-28-17-21(13-23(34)32(28)37)30-29(33(38)42-22-9-7-6-8-10-22)18(2)35-24-14-20(15-25(36)31(24)30)19-11-12-26(39-3)27(16-19)40-4/h11-13,16-17,20,22,30,35,37H,5-10,14-15H2,1-4H3/t20-,30+/m0/s1. The number of carbonyl (C=O) groups excluding carboxylic acids is 2. The van der Waals surface area contributed by atoms with Gasteiger partial charge in [0.15, 0.2) is 28.8 Å². The highest BCUT2D eigenvalue weighted by Gasteiger charge is 2.42. The van der Waals surface area contributed by atoms with Gasteiger partial charge >= 0.3 is 5.97 Å². The lowest BCUT2D eigenvalue weighted by atomic mass is 9.71. The van der Waals surface area contributed by atoms with E-state index in [0.29, 0.717) is 51.4 Å². The first-order chi connectivity index (χ1) is 20.2. The number of nitrogens with one attached hydrogen (secondary N) is 1. The third-order valence-electron chi connectivity index (χ3n) is 8.44. The van der Waals surface area contributed by atoms with Crippen molar-refractivity contribution in [1.29, 1.82) is 0 Å². The van der Waals surface area contributed by atoms with Crippen LogP contribution >= 0.6 is 15.9 Å². The largest absolute Gasteiger partial charge is 0.503 e. The molecule has 5 rings (SSSR count). The maximum atomic E-state index is 14.1. The minimum Gasteiger partial charge on any atom is -0.503 e. The number of methoxy groups -OCH3 is 2. The smallest absolute Gasteiger partial charge is 0.337 e. The number of hydrogen-bond acceptors (Lipinski definition) is 8. The van der Waals surface area contributed by atoms with Crippen molar-refractivity contribution in [2.24, 2.45) is 0 Å². The number of allylic oxidation sites excluding steroid dienone is 3.